The summed E-state index contributed by atoms with van der Waals surface area (Å²) in [7, 11) is 0. The average Bonchev–Trinajstić information content (AvgIpc) is 3.22. The topological polar surface area (TPSA) is 128 Å². The first-order chi connectivity index (χ1) is 13.5. The number of nitrogens with zero attached hydrogens (tertiary/aromatic N) is 3. The van der Waals surface area contributed by atoms with Crippen LogP contribution in [0.5, 0.6) is 0 Å². The number of nitro groups is 2. The molecular formula is C17H18N4O6S. The van der Waals surface area contributed by atoms with Crippen molar-refractivity contribution in [3.8, 4) is 0 Å². The minimum atomic E-state index is -0.791. The van der Waals surface area contributed by atoms with E-state index in [1.165, 1.54) is 0 Å². The van der Waals surface area contributed by atoms with Gasteiger partial charge in [0.1, 0.15) is 5.56 Å². The lowest BCUT2D eigenvalue weighted by Gasteiger charge is -2.34. The number of amides is 1. The maximum atomic E-state index is 12.6. The molecular weight excluding hydrogens is 388 g/mol. The second-order valence-electron chi connectivity index (χ2n) is 6.11. The van der Waals surface area contributed by atoms with Crippen LogP contribution in [-0.4, -0.2) is 53.5 Å². The molecule has 10 nitrogen and oxygen atoms in total. The summed E-state index contributed by atoms with van der Waals surface area (Å²) < 4.78 is 5.38. The Hall–Kier alpha value is -2.89. The van der Waals surface area contributed by atoms with E-state index in [4.69, 9.17) is 4.74 Å². The maximum absolute atomic E-state index is 12.6. The van der Waals surface area contributed by atoms with E-state index in [0.717, 1.165) is 36.2 Å². The molecule has 0 spiro atoms. The third-order valence-electron chi connectivity index (χ3n) is 4.45. The van der Waals surface area contributed by atoms with E-state index < -0.39 is 27.1 Å². The van der Waals surface area contributed by atoms with Gasteiger partial charge < -0.3 is 10.1 Å². The first kappa shape index (κ1) is 19.9. The predicted molar refractivity (Wildman–Crippen MR) is 102 cm³/mol. The van der Waals surface area contributed by atoms with Crippen LogP contribution in [0.3, 0.4) is 0 Å². The molecule has 1 fully saturated rings. The molecule has 11 heteroatoms. The lowest BCUT2D eigenvalue weighted by molar-refractivity contribution is -0.394. The Labute approximate surface area is 164 Å². The van der Waals surface area contributed by atoms with Gasteiger partial charge in [0, 0.05) is 30.6 Å². The van der Waals surface area contributed by atoms with Gasteiger partial charge in [0.2, 0.25) is 0 Å². The van der Waals surface area contributed by atoms with Crippen LogP contribution in [0.2, 0.25) is 0 Å². The first-order valence-electron chi connectivity index (χ1n) is 8.53. The van der Waals surface area contributed by atoms with Crippen molar-refractivity contribution >= 4 is 28.6 Å². The summed E-state index contributed by atoms with van der Waals surface area (Å²) in [5.41, 5.74) is -1.23. The molecule has 28 heavy (non-hydrogen) atoms. The van der Waals surface area contributed by atoms with Crippen molar-refractivity contribution in [2.24, 2.45) is 0 Å². The lowest BCUT2D eigenvalue weighted by atomic mass is 10.1. The fraction of sp³-hybridized carbons (Fsp3) is 0.353. The summed E-state index contributed by atoms with van der Waals surface area (Å²) in [6, 6.07) is 6.82. The number of ether oxygens (including phenoxy) is 1. The Morgan fingerprint density at radius 2 is 1.96 bits per heavy atom. The quantitative estimate of drug-likeness (QED) is 0.552. The summed E-state index contributed by atoms with van der Waals surface area (Å²) in [5, 5.41) is 26.8. The van der Waals surface area contributed by atoms with Crippen molar-refractivity contribution in [3.05, 3.63) is 66.4 Å². The standard InChI is InChI=1S/C17H18N4O6S/c22-17(13-4-3-12(20(23)24)10-14(13)21(25)26)18-11-15(16-2-1-9-28-16)19-5-7-27-8-6-19/h1-4,9-10,15H,5-8,11H2,(H,18,22). The van der Waals surface area contributed by atoms with Crippen molar-refractivity contribution in [1.82, 2.24) is 10.2 Å². The highest BCUT2D eigenvalue weighted by molar-refractivity contribution is 7.10. The average molecular weight is 406 g/mol. The molecule has 3 rings (SSSR count). The van der Waals surface area contributed by atoms with Crippen LogP contribution >= 0.6 is 11.3 Å². The largest absolute Gasteiger partial charge is 0.379 e. The molecule has 0 saturated carbocycles. The van der Waals surface area contributed by atoms with E-state index in [1.807, 2.05) is 17.5 Å². The van der Waals surface area contributed by atoms with Crippen LogP contribution in [0.15, 0.2) is 35.7 Å². The number of non-ortho nitro benzene ring substituents is 1. The van der Waals surface area contributed by atoms with Gasteiger partial charge in [0.15, 0.2) is 0 Å². The first-order valence-corrected chi connectivity index (χ1v) is 9.41. The van der Waals surface area contributed by atoms with Crippen LogP contribution < -0.4 is 5.32 Å². The number of carbonyl (C=O) groups excluding carboxylic acids is 1. The Bertz CT molecular complexity index is 867. The SMILES string of the molecule is O=C(NCC(c1cccs1)N1CCOCC1)c1ccc([N+](=O)[O-])cc1[N+](=O)[O-]. The van der Waals surface area contributed by atoms with Crippen LogP contribution in [0.25, 0.3) is 0 Å². The molecule has 1 aromatic carbocycles. The highest BCUT2D eigenvalue weighted by atomic mass is 32.1. The number of hydrogen-bond donors (Lipinski definition) is 1. The number of hydrogen-bond acceptors (Lipinski definition) is 8. The summed E-state index contributed by atoms with van der Waals surface area (Å²) in [6.07, 6.45) is 0. The molecule has 1 atom stereocenters. The maximum Gasteiger partial charge on any atom is 0.289 e. The van der Waals surface area contributed by atoms with E-state index in [0.29, 0.717) is 13.2 Å². The van der Waals surface area contributed by atoms with Gasteiger partial charge in [-0.3, -0.25) is 29.9 Å². The van der Waals surface area contributed by atoms with Crippen LogP contribution in [-0.2, 0) is 4.74 Å². The summed E-state index contributed by atoms with van der Waals surface area (Å²) in [5.74, 6) is -0.642. The van der Waals surface area contributed by atoms with Crippen LogP contribution in [0.4, 0.5) is 11.4 Å². The van der Waals surface area contributed by atoms with Gasteiger partial charge in [-0.15, -0.1) is 11.3 Å². The molecule has 1 saturated heterocycles. The van der Waals surface area contributed by atoms with Gasteiger partial charge in [0.05, 0.1) is 35.2 Å². The zero-order chi connectivity index (χ0) is 20.1. The molecule has 1 aliphatic rings. The molecule has 1 amide bonds. The Kier molecular flexibility index (Phi) is 6.29. The van der Waals surface area contributed by atoms with Crippen molar-refractivity contribution in [1.29, 1.82) is 0 Å². The number of thiophene rings is 1. The minimum Gasteiger partial charge on any atom is -0.379 e. The third kappa shape index (κ3) is 4.50. The van der Waals surface area contributed by atoms with Gasteiger partial charge in [-0.2, -0.15) is 0 Å². The molecule has 1 aromatic heterocycles. The molecule has 148 valence electrons. The normalized spacial score (nSPS) is 15.7. The Balaban J connectivity index is 1.77. The molecule has 2 heterocycles. The van der Waals surface area contributed by atoms with Gasteiger partial charge >= 0.3 is 0 Å². The fourth-order valence-corrected chi connectivity index (χ4v) is 3.90. The second kappa shape index (κ2) is 8.87. The van der Waals surface area contributed by atoms with Gasteiger partial charge in [0.25, 0.3) is 17.3 Å². The summed E-state index contributed by atoms with van der Waals surface area (Å²) in [4.78, 5) is 36.4. The molecule has 1 aliphatic heterocycles. The van der Waals surface area contributed by atoms with Crippen LogP contribution in [0.1, 0.15) is 21.3 Å². The van der Waals surface area contributed by atoms with E-state index in [-0.39, 0.29) is 18.2 Å². The molecule has 2 aromatic rings. The predicted octanol–water partition coefficient (Wildman–Crippen LogP) is 2.37. The molecule has 0 radical (unpaired) electrons. The number of nitrogens with one attached hydrogen (secondary N) is 1. The highest BCUT2D eigenvalue weighted by Crippen LogP contribution is 2.27. The van der Waals surface area contributed by atoms with E-state index >= 15 is 0 Å². The fourth-order valence-electron chi connectivity index (χ4n) is 3.04. The van der Waals surface area contributed by atoms with Crippen molar-refractivity contribution < 1.29 is 19.4 Å². The summed E-state index contributed by atoms with van der Waals surface area (Å²) in [6.45, 7) is 2.90. The number of rotatable bonds is 7. The van der Waals surface area contributed by atoms with Crippen molar-refractivity contribution in [2.75, 3.05) is 32.8 Å². The van der Waals surface area contributed by atoms with Crippen molar-refractivity contribution in [3.63, 3.8) is 0 Å². The third-order valence-corrected chi connectivity index (χ3v) is 5.42. The molecule has 1 N–H and O–H groups in total. The van der Waals surface area contributed by atoms with Crippen LogP contribution in [0, 0.1) is 20.2 Å². The smallest absolute Gasteiger partial charge is 0.289 e. The Morgan fingerprint density at radius 1 is 1.21 bits per heavy atom. The summed E-state index contributed by atoms with van der Waals surface area (Å²) >= 11 is 1.57. The zero-order valence-corrected chi connectivity index (χ0v) is 15.6. The molecule has 0 aliphatic carbocycles. The monoisotopic (exact) mass is 406 g/mol. The minimum absolute atomic E-state index is 0.0787. The molecule has 1 unspecified atom stereocenters. The van der Waals surface area contributed by atoms with Gasteiger partial charge in [-0.1, -0.05) is 6.07 Å². The number of morpholine rings is 1. The van der Waals surface area contributed by atoms with E-state index in [9.17, 15) is 25.0 Å². The zero-order valence-electron chi connectivity index (χ0n) is 14.8. The Morgan fingerprint density at radius 3 is 2.57 bits per heavy atom. The molecule has 0 bridgehead atoms. The van der Waals surface area contributed by atoms with Gasteiger partial charge in [-0.25, -0.2) is 0 Å². The number of carbonyl (C=O) groups is 1. The number of benzene rings is 1. The highest BCUT2D eigenvalue weighted by Gasteiger charge is 2.27. The number of nitro benzene ring substituents is 2. The van der Waals surface area contributed by atoms with E-state index in [2.05, 4.69) is 10.2 Å². The lowest BCUT2D eigenvalue weighted by Crippen LogP contribution is -2.43. The van der Waals surface area contributed by atoms with E-state index in [1.54, 1.807) is 11.3 Å². The second-order valence-corrected chi connectivity index (χ2v) is 7.08. The van der Waals surface area contributed by atoms with Crippen molar-refractivity contribution in [2.45, 2.75) is 6.04 Å². The van der Waals surface area contributed by atoms with Gasteiger partial charge in [-0.05, 0) is 17.5 Å².